The third kappa shape index (κ3) is 5.22. The standard InChI is InChI=1S/C21H22N6O8/c1-10(28)32-15-13(8-23-21(31)34-12-6-4-3-5-7-12)35-19(16(15)33-11(2)29)27-9-24-14-17(27)25-20(22)26-18(14)30/h3-7,9,13,15-16,19H,8H2,1-2H3,(H,23,31)(H3,22,25,26,30). The van der Waals surface area contributed by atoms with Crippen LogP contribution < -0.4 is 21.3 Å². The lowest BCUT2D eigenvalue weighted by Crippen LogP contribution is -2.44. The second kappa shape index (κ2) is 9.80. The zero-order valence-corrected chi connectivity index (χ0v) is 18.7. The highest BCUT2D eigenvalue weighted by Gasteiger charge is 2.50. The molecular formula is C21H22N6O8. The number of H-pyrrole nitrogens is 1. The number of hydrogen-bond acceptors (Lipinski definition) is 11. The first kappa shape index (κ1) is 23.7. The molecule has 14 nitrogen and oxygen atoms in total. The average Bonchev–Trinajstić information content (AvgIpc) is 3.34. The smallest absolute Gasteiger partial charge is 0.412 e. The van der Waals surface area contributed by atoms with Crippen LogP contribution in [-0.4, -0.2) is 62.4 Å². The molecule has 4 atom stereocenters. The van der Waals surface area contributed by atoms with Crippen LogP contribution in [0.2, 0.25) is 0 Å². The molecule has 1 aliphatic heterocycles. The van der Waals surface area contributed by atoms with Gasteiger partial charge in [-0.05, 0) is 12.1 Å². The highest BCUT2D eigenvalue weighted by molar-refractivity contribution is 5.71. The van der Waals surface area contributed by atoms with E-state index in [9.17, 15) is 19.2 Å². The minimum atomic E-state index is -1.16. The number of carbonyl (C=O) groups excluding carboxylic acids is 3. The van der Waals surface area contributed by atoms with Crippen LogP contribution in [0.3, 0.4) is 0 Å². The first-order chi connectivity index (χ1) is 16.7. The molecule has 1 aromatic carbocycles. The zero-order chi connectivity index (χ0) is 25.1. The fourth-order valence-corrected chi connectivity index (χ4v) is 3.69. The lowest BCUT2D eigenvalue weighted by Gasteiger charge is -2.23. The molecule has 2 aromatic heterocycles. The molecule has 0 spiro atoms. The molecule has 3 aromatic rings. The topological polar surface area (TPSA) is 190 Å². The van der Waals surface area contributed by atoms with Crippen molar-refractivity contribution in [1.82, 2.24) is 24.8 Å². The van der Waals surface area contributed by atoms with Crippen LogP contribution in [0, 0.1) is 0 Å². The number of nitrogens with zero attached hydrogens (tertiary/aromatic N) is 3. The largest absolute Gasteiger partial charge is 0.456 e. The molecule has 1 aliphatic rings. The summed E-state index contributed by atoms with van der Waals surface area (Å²) >= 11 is 0. The first-order valence-corrected chi connectivity index (χ1v) is 10.5. The Morgan fingerprint density at radius 2 is 1.83 bits per heavy atom. The molecule has 3 heterocycles. The number of imidazole rings is 1. The number of esters is 2. The minimum Gasteiger partial charge on any atom is -0.456 e. The van der Waals surface area contributed by atoms with Crippen LogP contribution in [0.5, 0.6) is 5.75 Å². The number of benzene rings is 1. The van der Waals surface area contributed by atoms with Crippen molar-refractivity contribution in [3.8, 4) is 5.75 Å². The molecule has 4 N–H and O–H groups in total. The van der Waals surface area contributed by atoms with Gasteiger partial charge in [0.25, 0.3) is 5.56 Å². The third-order valence-electron chi connectivity index (χ3n) is 5.02. The van der Waals surface area contributed by atoms with Gasteiger partial charge in [0.2, 0.25) is 5.95 Å². The number of ether oxygens (including phenoxy) is 4. The number of aromatic amines is 1. The summed E-state index contributed by atoms with van der Waals surface area (Å²) in [6, 6.07) is 8.38. The Bertz CT molecular complexity index is 1310. The van der Waals surface area contributed by atoms with Crippen molar-refractivity contribution in [1.29, 1.82) is 0 Å². The van der Waals surface area contributed by atoms with Gasteiger partial charge in [0.05, 0.1) is 12.9 Å². The summed E-state index contributed by atoms with van der Waals surface area (Å²) < 4.78 is 23.4. The molecule has 4 unspecified atom stereocenters. The third-order valence-corrected chi connectivity index (χ3v) is 5.02. The van der Waals surface area contributed by atoms with Crippen LogP contribution >= 0.6 is 0 Å². The highest BCUT2D eigenvalue weighted by atomic mass is 16.6. The number of rotatable bonds is 6. The molecule has 0 bridgehead atoms. The van der Waals surface area contributed by atoms with Crippen LogP contribution in [-0.2, 0) is 23.8 Å². The van der Waals surface area contributed by atoms with Gasteiger partial charge in [-0.2, -0.15) is 4.98 Å². The van der Waals surface area contributed by atoms with Gasteiger partial charge in [-0.25, -0.2) is 9.78 Å². The molecule has 0 radical (unpaired) electrons. The van der Waals surface area contributed by atoms with Crippen molar-refractivity contribution < 1.29 is 33.3 Å². The monoisotopic (exact) mass is 486 g/mol. The van der Waals surface area contributed by atoms with Crippen molar-refractivity contribution in [2.24, 2.45) is 0 Å². The summed E-state index contributed by atoms with van der Waals surface area (Å²) in [7, 11) is 0. The van der Waals surface area contributed by atoms with Crippen LogP contribution in [0.15, 0.2) is 41.5 Å². The van der Waals surface area contributed by atoms with E-state index in [1.54, 1.807) is 30.3 Å². The fourth-order valence-electron chi connectivity index (χ4n) is 3.69. The van der Waals surface area contributed by atoms with Gasteiger partial charge in [0.15, 0.2) is 29.6 Å². The van der Waals surface area contributed by atoms with Crippen molar-refractivity contribution in [2.75, 3.05) is 12.3 Å². The first-order valence-electron chi connectivity index (χ1n) is 10.5. The minimum absolute atomic E-state index is 0.0265. The lowest BCUT2D eigenvalue weighted by atomic mass is 10.1. The zero-order valence-electron chi connectivity index (χ0n) is 18.7. The molecule has 1 fully saturated rings. The van der Waals surface area contributed by atoms with Crippen molar-refractivity contribution >= 4 is 35.1 Å². The number of nitrogens with one attached hydrogen (secondary N) is 2. The van der Waals surface area contributed by atoms with Crippen molar-refractivity contribution in [3.05, 3.63) is 47.0 Å². The van der Waals surface area contributed by atoms with Gasteiger partial charge < -0.3 is 30.0 Å². The molecule has 4 rings (SSSR count). The maximum Gasteiger partial charge on any atom is 0.412 e. The SMILES string of the molecule is CC(=O)OC1C(CNC(=O)Oc2ccccc2)OC(n2cnc3c(=O)[nH]c(N)nc32)C1OC(C)=O. The molecular weight excluding hydrogens is 464 g/mol. The number of nitrogens with two attached hydrogens (primary N) is 1. The van der Waals surface area contributed by atoms with E-state index < -0.39 is 48.1 Å². The van der Waals surface area contributed by atoms with Gasteiger partial charge in [-0.15, -0.1) is 0 Å². The predicted molar refractivity (Wildman–Crippen MR) is 118 cm³/mol. The van der Waals surface area contributed by atoms with E-state index in [1.807, 2.05) is 0 Å². The quantitative estimate of drug-likeness (QED) is 0.405. The van der Waals surface area contributed by atoms with Gasteiger partial charge in [0, 0.05) is 13.8 Å². The van der Waals surface area contributed by atoms with Gasteiger partial charge >= 0.3 is 18.0 Å². The van der Waals surface area contributed by atoms with Crippen LogP contribution in [0.25, 0.3) is 11.2 Å². The number of fused-ring (bicyclic) bond motifs is 1. The highest BCUT2D eigenvalue weighted by Crippen LogP contribution is 2.35. The summed E-state index contributed by atoms with van der Waals surface area (Å²) in [5.74, 6) is -1.18. The summed E-state index contributed by atoms with van der Waals surface area (Å²) in [5.41, 5.74) is 5.13. The van der Waals surface area contributed by atoms with E-state index in [-0.39, 0.29) is 23.7 Å². The Morgan fingerprint density at radius 3 is 2.51 bits per heavy atom. The van der Waals surface area contributed by atoms with E-state index in [1.165, 1.54) is 24.7 Å². The second-order valence-corrected chi connectivity index (χ2v) is 7.57. The summed E-state index contributed by atoms with van der Waals surface area (Å²) in [5, 5.41) is 2.54. The molecule has 1 amide bonds. The molecule has 1 saturated heterocycles. The van der Waals surface area contributed by atoms with Gasteiger partial charge in [-0.1, -0.05) is 18.2 Å². The fraction of sp³-hybridized carbons (Fsp3) is 0.333. The Labute approximate surface area is 197 Å². The van der Waals surface area contributed by atoms with E-state index in [0.29, 0.717) is 5.75 Å². The molecule has 0 saturated carbocycles. The van der Waals surface area contributed by atoms with E-state index >= 15 is 0 Å². The van der Waals surface area contributed by atoms with E-state index in [2.05, 4.69) is 20.3 Å². The van der Waals surface area contributed by atoms with Crippen LogP contribution in [0.4, 0.5) is 10.7 Å². The van der Waals surface area contributed by atoms with Crippen molar-refractivity contribution in [2.45, 2.75) is 38.4 Å². The Balaban J connectivity index is 1.62. The normalized spacial score (nSPS) is 21.4. The molecule has 14 heteroatoms. The number of anilines is 1. The number of aromatic nitrogens is 4. The van der Waals surface area contributed by atoms with Crippen LogP contribution in [0.1, 0.15) is 20.1 Å². The summed E-state index contributed by atoms with van der Waals surface area (Å²) in [4.78, 5) is 58.6. The summed E-state index contributed by atoms with van der Waals surface area (Å²) in [6.07, 6.45) is -3.86. The number of hydrogen-bond donors (Lipinski definition) is 3. The Morgan fingerprint density at radius 1 is 1.14 bits per heavy atom. The number of amides is 1. The van der Waals surface area contributed by atoms with E-state index in [4.69, 9.17) is 24.7 Å². The maximum atomic E-state index is 12.3. The average molecular weight is 486 g/mol. The van der Waals surface area contributed by atoms with Gasteiger partial charge in [-0.3, -0.25) is 23.9 Å². The van der Waals surface area contributed by atoms with E-state index in [0.717, 1.165) is 0 Å². The number of carbonyl (C=O) groups is 3. The predicted octanol–water partition coefficient (Wildman–Crippen LogP) is 0.251. The second-order valence-electron chi connectivity index (χ2n) is 7.57. The Hall–Kier alpha value is -4.46. The summed E-state index contributed by atoms with van der Waals surface area (Å²) in [6.45, 7) is 2.19. The number of nitrogen functional groups attached to an aromatic ring is 1. The molecule has 0 aliphatic carbocycles. The Kier molecular flexibility index (Phi) is 6.64. The van der Waals surface area contributed by atoms with Crippen molar-refractivity contribution in [3.63, 3.8) is 0 Å². The lowest BCUT2D eigenvalue weighted by molar-refractivity contribution is -0.165. The number of para-hydroxylation sites is 1. The van der Waals surface area contributed by atoms with Gasteiger partial charge in [0.1, 0.15) is 11.9 Å². The molecule has 184 valence electrons. The maximum absolute atomic E-state index is 12.3. The molecule has 35 heavy (non-hydrogen) atoms.